The summed E-state index contributed by atoms with van der Waals surface area (Å²) >= 11 is 12.4. The van der Waals surface area contributed by atoms with Crippen molar-refractivity contribution in [2.45, 2.75) is 26.3 Å². The third-order valence-corrected chi connectivity index (χ3v) is 5.15. The number of nitrogens with one attached hydrogen (secondary N) is 1. The maximum Gasteiger partial charge on any atom is 0.258 e. The van der Waals surface area contributed by atoms with Crippen molar-refractivity contribution >= 4 is 45.8 Å². The van der Waals surface area contributed by atoms with Crippen LogP contribution in [0.5, 0.6) is 0 Å². The van der Waals surface area contributed by atoms with E-state index >= 15 is 0 Å². The highest BCUT2D eigenvalue weighted by molar-refractivity contribution is 6.39. The summed E-state index contributed by atoms with van der Waals surface area (Å²) in [5.74, 6) is 0.458. The molecule has 0 bridgehead atoms. The SMILES string of the molecule is Cc1cn(CC2CC2)c2ncc(C(=O)Nc3ccc(Cl)cc3)c(Cl)c12. The first-order chi connectivity index (χ1) is 12.0. The Labute approximate surface area is 155 Å². The molecule has 25 heavy (non-hydrogen) atoms. The molecular weight excluding hydrogens is 357 g/mol. The summed E-state index contributed by atoms with van der Waals surface area (Å²) in [7, 11) is 0. The first-order valence-corrected chi connectivity index (χ1v) is 8.99. The third kappa shape index (κ3) is 3.24. The molecule has 1 aromatic carbocycles. The quantitative estimate of drug-likeness (QED) is 0.672. The zero-order chi connectivity index (χ0) is 17.6. The van der Waals surface area contributed by atoms with E-state index in [1.54, 1.807) is 30.5 Å². The number of pyridine rings is 1. The Morgan fingerprint density at radius 3 is 2.68 bits per heavy atom. The molecule has 1 fully saturated rings. The molecule has 1 aliphatic rings. The number of hydrogen-bond donors (Lipinski definition) is 1. The predicted molar refractivity (Wildman–Crippen MR) is 102 cm³/mol. The second-order valence-corrected chi connectivity index (χ2v) is 7.37. The lowest BCUT2D eigenvalue weighted by atomic mass is 10.1. The number of nitrogens with zero attached hydrogens (tertiary/aromatic N) is 2. The van der Waals surface area contributed by atoms with Crippen LogP contribution in [0.2, 0.25) is 10.0 Å². The molecule has 2 aromatic heterocycles. The van der Waals surface area contributed by atoms with Crippen LogP contribution in [-0.4, -0.2) is 15.5 Å². The molecule has 0 atom stereocenters. The molecule has 6 heteroatoms. The molecule has 0 radical (unpaired) electrons. The average molecular weight is 374 g/mol. The molecule has 1 N–H and O–H groups in total. The fourth-order valence-electron chi connectivity index (χ4n) is 3.01. The van der Waals surface area contributed by atoms with E-state index in [1.807, 2.05) is 6.92 Å². The van der Waals surface area contributed by atoms with Crippen LogP contribution in [0.25, 0.3) is 11.0 Å². The fraction of sp³-hybridized carbons (Fsp3) is 0.263. The first-order valence-electron chi connectivity index (χ1n) is 8.24. The van der Waals surface area contributed by atoms with Crippen LogP contribution in [0.1, 0.15) is 28.8 Å². The van der Waals surface area contributed by atoms with Gasteiger partial charge in [-0.2, -0.15) is 0 Å². The second-order valence-electron chi connectivity index (χ2n) is 6.55. The Morgan fingerprint density at radius 2 is 2.00 bits per heavy atom. The van der Waals surface area contributed by atoms with Gasteiger partial charge in [-0.05, 0) is 55.5 Å². The summed E-state index contributed by atoms with van der Waals surface area (Å²) in [4.78, 5) is 17.1. The summed E-state index contributed by atoms with van der Waals surface area (Å²) < 4.78 is 2.15. The Bertz CT molecular complexity index is 959. The molecule has 1 saturated carbocycles. The molecule has 0 aliphatic heterocycles. The maximum atomic E-state index is 12.6. The number of halogens is 2. The van der Waals surface area contributed by atoms with Gasteiger partial charge in [0.25, 0.3) is 5.91 Å². The van der Waals surface area contributed by atoms with E-state index < -0.39 is 0 Å². The number of carbonyl (C=O) groups excluding carboxylic acids is 1. The molecule has 4 nitrogen and oxygen atoms in total. The highest BCUT2D eigenvalue weighted by Gasteiger charge is 2.24. The largest absolute Gasteiger partial charge is 0.332 e. The van der Waals surface area contributed by atoms with Crippen LogP contribution in [0.4, 0.5) is 5.69 Å². The lowest BCUT2D eigenvalue weighted by Gasteiger charge is -2.09. The number of rotatable bonds is 4. The number of anilines is 1. The van der Waals surface area contributed by atoms with Crippen molar-refractivity contribution in [3.05, 3.63) is 57.8 Å². The molecule has 4 rings (SSSR count). The minimum absolute atomic E-state index is 0.281. The van der Waals surface area contributed by atoms with Crippen molar-refractivity contribution in [1.82, 2.24) is 9.55 Å². The summed E-state index contributed by atoms with van der Waals surface area (Å²) in [6.07, 6.45) is 6.17. The van der Waals surface area contributed by atoms with Crippen molar-refractivity contribution in [3.63, 3.8) is 0 Å². The third-order valence-electron chi connectivity index (χ3n) is 4.51. The monoisotopic (exact) mass is 373 g/mol. The van der Waals surface area contributed by atoms with Crippen molar-refractivity contribution in [2.75, 3.05) is 5.32 Å². The number of aromatic nitrogens is 2. The van der Waals surface area contributed by atoms with Crippen LogP contribution in [0.3, 0.4) is 0 Å². The molecule has 1 amide bonds. The van der Waals surface area contributed by atoms with Gasteiger partial charge >= 0.3 is 0 Å². The Morgan fingerprint density at radius 1 is 1.28 bits per heavy atom. The Hall–Kier alpha value is -2.04. The van der Waals surface area contributed by atoms with Gasteiger partial charge in [0.15, 0.2) is 0 Å². The number of hydrogen-bond acceptors (Lipinski definition) is 2. The number of carbonyl (C=O) groups is 1. The van der Waals surface area contributed by atoms with Crippen molar-refractivity contribution < 1.29 is 4.79 Å². The molecule has 0 spiro atoms. The molecule has 0 unspecified atom stereocenters. The number of aryl methyl sites for hydroxylation is 1. The van der Waals surface area contributed by atoms with Crippen LogP contribution >= 0.6 is 23.2 Å². The van der Waals surface area contributed by atoms with E-state index in [0.717, 1.165) is 29.1 Å². The zero-order valence-corrected chi connectivity index (χ0v) is 15.2. The van der Waals surface area contributed by atoms with E-state index in [4.69, 9.17) is 23.2 Å². The molecule has 3 aromatic rings. The molecule has 0 saturated heterocycles. The van der Waals surface area contributed by atoms with Gasteiger partial charge < -0.3 is 9.88 Å². The highest BCUT2D eigenvalue weighted by atomic mass is 35.5. The topological polar surface area (TPSA) is 46.9 Å². The van der Waals surface area contributed by atoms with Gasteiger partial charge in [-0.3, -0.25) is 4.79 Å². The lowest BCUT2D eigenvalue weighted by Crippen LogP contribution is -2.13. The van der Waals surface area contributed by atoms with Crippen molar-refractivity contribution in [1.29, 1.82) is 0 Å². The maximum absolute atomic E-state index is 12.6. The number of amides is 1. The van der Waals surface area contributed by atoms with Gasteiger partial charge in [0.2, 0.25) is 0 Å². The summed E-state index contributed by atoms with van der Waals surface area (Å²) in [6.45, 7) is 2.96. The molecular formula is C19H17Cl2N3O. The Kier molecular flexibility index (Phi) is 4.18. The van der Waals surface area contributed by atoms with Gasteiger partial charge in [-0.15, -0.1) is 0 Å². The number of fused-ring (bicyclic) bond motifs is 1. The lowest BCUT2D eigenvalue weighted by molar-refractivity contribution is 0.102. The van der Waals surface area contributed by atoms with E-state index in [2.05, 4.69) is 21.1 Å². The van der Waals surface area contributed by atoms with Crippen LogP contribution in [-0.2, 0) is 6.54 Å². The molecule has 128 valence electrons. The summed E-state index contributed by atoms with van der Waals surface area (Å²) in [5, 5.41) is 4.75. The second kappa shape index (κ2) is 6.36. The van der Waals surface area contributed by atoms with Gasteiger partial charge in [0.05, 0.1) is 10.6 Å². The molecule has 1 aliphatic carbocycles. The van der Waals surface area contributed by atoms with Crippen LogP contribution in [0.15, 0.2) is 36.7 Å². The summed E-state index contributed by atoms with van der Waals surface area (Å²) in [5.41, 5.74) is 2.91. The minimum atomic E-state index is -0.281. The van der Waals surface area contributed by atoms with Gasteiger partial charge in [0, 0.05) is 35.0 Å². The minimum Gasteiger partial charge on any atom is -0.332 e. The van der Waals surface area contributed by atoms with E-state index in [0.29, 0.717) is 21.3 Å². The average Bonchev–Trinajstić information content (AvgIpc) is 3.33. The Balaban J connectivity index is 1.67. The van der Waals surface area contributed by atoms with Crippen molar-refractivity contribution in [2.24, 2.45) is 5.92 Å². The smallest absolute Gasteiger partial charge is 0.258 e. The van der Waals surface area contributed by atoms with E-state index in [1.165, 1.54) is 12.8 Å². The van der Waals surface area contributed by atoms with Crippen LogP contribution in [0, 0.1) is 12.8 Å². The van der Waals surface area contributed by atoms with Crippen molar-refractivity contribution in [3.8, 4) is 0 Å². The number of benzene rings is 1. The fourth-order valence-corrected chi connectivity index (χ4v) is 3.51. The normalized spacial score (nSPS) is 14.0. The zero-order valence-electron chi connectivity index (χ0n) is 13.7. The van der Waals surface area contributed by atoms with E-state index in [9.17, 15) is 4.79 Å². The standard InChI is InChI=1S/C19H17Cl2N3O/c1-11-9-24(10-12-2-3-12)18-16(11)17(21)15(8-22-18)19(25)23-14-6-4-13(20)5-7-14/h4-9,12H,2-3,10H2,1H3,(H,23,25). The van der Waals surface area contributed by atoms with E-state index in [-0.39, 0.29) is 5.91 Å². The predicted octanol–water partition coefficient (Wildman–Crippen LogP) is 5.31. The summed E-state index contributed by atoms with van der Waals surface area (Å²) in [6, 6.07) is 6.94. The van der Waals surface area contributed by atoms with Gasteiger partial charge in [-0.1, -0.05) is 23.2 Å². The van der Waals surface area contributed by atoms with Gasteiger partial charge in [-0.25, -0.2) is 4.98 Å². The van der Waals surface area contributed by atoms with Crippen LogP contribution < -0.4 is 5.32 Å². The van der Waals surface area contributed by atoms with Gasteiger partial charge in [0.1, 0.15) is 5.65 Å². The highest BCUT2D eigenvalue weighted by Crippen LogP contribution is 2.35. The molecule has 2 heterocycles. The first kappa shape index (κ1) is 16.4.